The Morgan fingerprint density at radius 3 is 2.42 bits per heavy atom. The summed E-state index contributed by atoms with van der Waals surface area (Å²) < 4.78 is 10.8. The molecular weight excluding hydrogens is 332 g/mol. The molecule has 0 spiro atoms. The monoisotopic (exact) mass is 362 g/mol. The number of benzene rings is 1. The standard InChI is InChI=1S/C20H30N2O4/c1-25-17-8-6-16(7-9-17)19(23)4-2-5-20(24)22-13-10-18(11-14-22)26-15-3-12-21/h6-9,18H,2-5,10-15,21H2,1H3. The van der Waals surface area contributed by atoms with Crippen LogP contribution in [0.4, 0.5) is 0 Å². The van der Waals surface area contributed by atoms with E-state index in [1.54, 1.807) is 31.4 Å². The van der Waals surface area contributed by atoms with E-state index in [0.717, 1.165) is 38.1 Å². The lowest BCUT2D eigenvalue weighted by Gasteiger charge is -2.32. The highest BCUT2D eigenvalue weighted by molar-refractivity contribution is 5.96. The summed E-state index contributed by atoms with van der Waals surface area (Å²) in [4.78, 5) is 26.4. The lowest BCUT2D eigenvalue weighted by atomic mass is 10.0. The third kappa shape index (κ3) is 6.42. The van der Waals surface area contributed by atoms with E-state index in [0.29, 0.717) is 38.0 Å². The van der Waals surface area contributed by atoms with Gasteiger partial charge in [-0.2, -0.15) is 0 Å². The smallest absolute Gasteiger partial charge is 0.222 e. The first-order valence-electron chi connectivity index (χ1n) is 9.40. The number of piperidine rings is 1. The Bertz CT molecular complexity index is 566. The normalized spacial score (nSPS) is 15.1. The molecule has 0 bridgehead atoms. The average Bonchev–Trinajstić information content (AvgIpc) is 2.68. The van der Waals surface area contributed by atoms with Crippen molar-refractivity contribution in [2.24, 2.45) is 5.73 Å². The van der Waals surface area contributed by atoms with Crippen LogP contribution in [0.15, 0.2) is 24.3 Å². The number of hydrogen-bond acceptors (Lipinski definition) is 5. The van der Waals surface area contributed by atoms with Gasteiger partial charge in [0.1, 0.15) is 5.75 Å². The number of nitrogens with zero attached hydrogens (tertiary/aromatic N) is 1. The molecule has 1 aromatic carbocycles. The summed E-state index contributed by atoms with van der Waals surface area (Å²) in [5, 5.41) is 0. The summed E-state index contributed by atoms with van der Waals surface area (Å²) in [7, 11) is 1.59. The summed E-state index contributed by atoms with van der Waals surface area (Å²) in [5.41, 5.74) is 6.12. The fraction of sp³-hybridized carbons (Fsp3) is 0.600. The van der Waals surface area contributed by atoms with Crippen molar-refractivity contribution in [1.29, 1.82) is 0 Å². The van der Waals surface area contributed by atoms with Gasteiger partial charge in [0.25, 0.3) is 0 Å². The molecule has 1 amide bonds. The lowest BCUT2D eigenvalue weighted by Crippen LogP contribution is -2.41. The van der Waals surface area contributed by atoms with E-state index in [2.05, 4.69) is 0 Å². The number of Topliss-reactive ketones (excluding diaryl/α,β-unsaturated/α-hetero) is 1. The minimum atomic E-state index is 0.0625. The molecule has 1 aliphatic rings. The van der Waals surface area contributed by atoms with Crippen molar-refractivity contribution >= 4 is 11.7 Å². The predicted octanol–water partition coefficient (Wildman–Crippen LogP) is 2.40. The number of carbonyl (C=O) groups excluding carboxylic acids is 2. The van der Waals surface area contributed by atoms with Crippen LogP contribution in [0.3, 0.4) is 0 Å². The van der Waals surface area contributed by atoms with E-state index in [1.165, 1.54) is 0 Å². The quantitative estimate of drug-likeness (QED) is 0.510. The number of ether oxygens (including phenoxy) is 2. The Hall–Kier alpha value is -1.92. The van der Waals surface area contributed by atoms with E-state index in [9.17, 15) is 9.59 Å². The molecule has 2 rings (SSSR count). The van der Waals surface area contributed by atoms with Crippen molar-refractivity contribution in [3.05, 3.63) is 29.8 Å². The Labute approximate surface area is 155 Å². The van der Waals surface area contributed by atoms with Gasteiger partial charge in [0, 0.05) is 38.1 Å². The van der Waals surface area contributed by atoms with Gasteiger partial charge in [-0.15, -0.1) is 0 Å². The molecule has 1 heterocycles. The van der Waals surface area contributed by atoms with E-state index >= 15 is 0 Å². The molecule has 0 unspecified atom stereocenters. The summed E-state index contributed by atoms with van der Waals surface area (Å²) in [6.07, 6.45) is 4.25. The molecule has 6 nitrogen and oxygen atoms in total. The van der Waals surface area contributed by atoms with Crippen LogP contribution in [-0.2, 0) is 9.53 Å². The fourth-order valence-electron chi connectivity index (χ4n) is 3.08. The van der Waals surface area contributed by atoms with Gasteiger partial charge in [0.15, 0.2) is 5.78 Å². The molecule has 1 saturated heterocycles. The number of rotatable bonds is 10. The van der Waals surface area contributed by atoms with Gasteiger partial charge in [-0.1, -0.05) is 0 Å². The van der Waals surface area contributed by atoms with Gasteiger partial charge in [-0.25, -0.2) is 0 Å². The Kier molecular flexibility index (Phi) is 8.58. The SMILES string of the molecule is COc1ccc(C(=O)CCCC(=O)N2CCC(OCCCN)CC2)cc1. The Morgan fingerprint density at radius 2 is 1.81 bits per heavy atom. The maximum Gasteiger partial charge on any atom is 0.222 e. The molecule has 0 atom stereocenters. The minimum absolute atomic E-state index is 0.0625. The predicted molar refractivity (Wildman–Crippen MR) is 100 cm³/mol. The molecular formula is C20H30N2O4. The maximum absolute atomic E-state index is 12.3. The molecule has 0 saturated carbocycles. The van der Waals surface area contributed by atoms with Crippen molar-refractivity contribution in [3.8, 4) is 5.75 Å². The highest BCUT2D eigenvalue weighted by atomic mass is 16.5. The van der Waals surface area contributed by atoms with Gasteiger partial charge in [-0.05, 0) is 56.5 Å². The zero-order chi connectivity index (χ0) is 18.8. The first-order valence-corrected chi connectivity index (χ1v) is 9.40. The van der Waals surface area contributed by atoms with E-state index in [-0.39, 0.29) is 17.8 Å². The van der Waals surface area contributed by atoms with Crippen LogP contribution in [-0.4, -0.2) is 56.0 Å². The molecule has 1 aliphatic heterocycles. The summed E-state index contributed by atoms with van der Waals surface area (Å²) in [6, 6.07) is 7.08. The van der Waals surface area contributed by atoms with Crippen LogP contribution in [0.25, 0.3) is 0 Å². The second-order valence-electron chi connectivity index (χ2n) is 6.60. The average molecular weight is 362 g/mol. The summed E-state index contributed by atoms with van der Waals surface area (Å²) in [5.74, 6) is 0.924. The van der Waals surface area contributed by atoms with E-state index in [1.807, 2.05) is 4.90 Å². The number of carbonyl (C=O) groups is 2. The van der Waals surface area contributed by atoms with E-state index in [4.69, 9.17) is 15.2 Å². The third-order valence-electron chi connectivity index (χ3n) is 4.70. The number of methoxy groups -OCH3 is 1. The molecule has 0 aliphatic carbocycles. The number of nitrogens with two attached hydrogens (primary N) is 1. The Balaban J connectivity index is 1.65. The molecule has 26 heavy (non-hydrogen) atoms. The van der Waals surface area contributed by atoms with Crippen LogP contribution >= 0.6 is 0 Å². The van der Waals surface area contributed by atoms with Gasteiger partial charge < -0.3 is 20.1 Å². The first-order chi connectivity index (χ1) is 12.6. The van der Waals surface area contributed by atoms with Crippen molar-refractivity contribution in [1.82, 2.24) is 4.90 Å². The molecule has 6 heteroatoms. The van der Waals surface area contributed by atoms with Crippen LogP contribution in [0.1, 0.15) is 48.9 Å². The number of ketones is 1. The lowest BCUT2D eigenvalue weighted by molar-refractivity contribution is -0.133. The zero-order valence-corrected chi connectivity index (χ0v) is 15.6. The van der Waals surface area contributed by atoms with Gasteiger partial charge in [0.2, 0.25) is 5.91 Å². The second kappa shape index (κ2) is 10.9. The molecule has 0 radical (unpaired) electrons. The molecule has 1 fully saturated rings. The van der Waals surface area contributed by atoms with Gasteiger partial charge in [0.05, 0.1) is 13.2 Å². The summed E-state index contributed by atoms with van der Waals surface area (Å²) in [6.45, 7) is 2.81. The zero-order valence-electron chi connectivity index (χ0n) is 15.6. The van der Waals surface area contributed by atoms with Crippen LogP contribution < -0.4 is 10.5 Å². The highest BCUT2D eigenvalue weighted by Crippen LogP contribution is 2.17. The number of amides is 1. The fourth-order valence-corrected chi connectivity index (χ4v) is 3.08. The Morgan fingerprint density at radius 1 is 1.12 bits per heavy atom. The largest absolute Gasteiger partial charge is 0.497 e. The first kappa shape index (κ1) is 20.4. The molecule has 144 valence electrons. The van der Waals surface area contributed by atoms with Gasteiger partial charge >= 0.3 is 0 Å². The van der Waals surface area contributed by atoms with Gasteiger partial charge in [-0.3, -0.25) is 9.59 Å². The van der Waals surface area contributed by atoms with Crippen molar-refractivity contribution < 1.29 is 19.1 Å². The van der Waals surface area contributed by atoms with Crippen molar-refractivity contribution in [3.63, 3.8) is 0 Å². The molecule has 0 aromatic heterocycles. The van der Waals surface area contributed by atoms with Crippen LogP contribution in [0, 0.1) is 0 Å². The van der Waals surface area contributed by atoms with Crippen molar-refractivity contribution in [2.75, 3.05) is 33.4 Å². The summed E-state index contributed by atoms with van der Waals surface area (Å²) >= 11 is 0. The molecule has 1 aromatic rings. The van der Waals surface area contributed by atoms with Crippen molar-refractivity contribution in [2.45, 2.75) is 44.6 Å². The minimum Gasteiger partial charge on any atom is -0.497 e. The number of likely N-dealkylation sites (tertiary alicyclic amines) is 1. The van der Waals surface area contributed by atoms with E-state index < -0.39 is 0 Å². The maximum atomic E-state index is 12.3. The topological polar surface area (TPSA) is 81.9 Å². The van der Waals surface area contributed by atoms with Crippen LogP contribution in [0.5, 0.6) is 5.75 Å². The van der Waals surface area contributed by atoms with Crippen LogP contribution in [0.2, 0.25) is 0 Å². The number of hydrogen-bond donors (Lipinski definition) is 1. The molecule has 2 N–H and O–H groups in total. The second-order valence-corrected chi connectivity index (χ2v) is 6.60. The third-order valence-corrected chi connectivity index (χ3v) is 4.70. The highest BCUT2D eigenvalue weighted by Gasteiger charge is 2.22.